The van der Waals surface area contributed by atoms with E-state index in [1.54, 1.807) is 18.3 Å². The zero-order chi connectivity index (χ0) is 30.6. The molecule has 8 heteroatoms. The lowest BCUT2D eigenvalue weighted by atomic mass is 9.82. The Morgan fingerprint density at radius 3 is 2.37 bits per heavy atom. The summed E-state index contributed by atoms with van der Waals surface area (Å²) in [7, 11) is 0. The van der Waals surface area contributed by atoms with E-state index in [9.17, 15) is 14.3 Å². The van der Waals surface area contributed by atoms with E-state index in [4.69, 9.17) is 9.72 Å². The SMILES string of the molecule is Cc1cccnc1Nc1nc(C)c(CC(=O)O)c(N2CCC(C)(C)CC2)c1-c1ccc(OCCc2ccc(F)cc2)cc1. The second-order valence-electron chi connectivity index (χ2n) is 12.0. The maximum absolute atomic E-state index is 13.2. The van der Waals surface area contributed by atoms with E-state index in [-0.39, 0.29) is 17.7 Å². The maximum atomic E-state index is 13.2. The minimum absolute atomic E-state index is 0.117. The number of halogens is 1. The number of benzene rings is 2. The van der Waals surface area contributed by atoms with E-state index in [0.717, 1.165) is 59.4 Å². The van der Waals surface area contributed by atoms with Gasteiger partial charge in [-0.25, -0.2) is 14.4 Å². The van der Waals surface area contributed by atoms with Gasteiger partial charge in [-0.1, -0.05) is 44.2 Å². The number of aliphatic carboxylic acids is 1. The highest BCUT2D eigenvalue weighted by atomic mass is 19.1. The van der Waals surface area contributed by atoms with Gasteiger partial charge in [-0.15, -0.1) is 0 Å². The lowest BCUT2D eigenvalue weighted by molar-refractivity contribution is -0.136. The van der Waals surface area contributed by atoms with E-state index < -0.39 is 5.97 Å². The first-order valence-corrected chi connectivity index (χ1v) is 14.8. The Morgan fingerprint density at radius 2 is 1.72 bits per heavy atom. The number of hydrogen-bond acceptors (Lipinski definition) is 6. The van der Waals surface area contributed by atoms with Crippen molar-refractivity contribution in [2.45, 2.75) is 53.4 Å². The number of anilines is 3. The molecule has 1 saturated heterocycles. The van der Waals surface area contributed by atoms with Crippen molar-refractivity contribution in [2.75, 3.05) is 29.9 Å². The fourth-order valence-electron chi connectivity index (χ4n) is 5.52. The largest absolute Gasteiger partial charge is 0.493 e. The Kier molecular flexibility index (Phi) is 8.94. The fourth-order valence-corrected chi connectivity index (χ4v) is 5.52. The summed E-state index contributed by atoms with van der Waals surface area (Å²) in [4.78, 5) is 23.9. The van der Waals surface area contributed by atoms with Gasteiger partial charge in [0.2, 0.25) is 0 Å². The first-order chi connectivity index (χ1) is 20.6. The molecule has 0 aliphatic carbocycles. The molecule has 1 aliphatic heterocycles. The molecule has 0 atom stereocenters. The Morgan fingerprint density at radius 1 is 1.02 bits per heavy atom. The highest BCUT2D eigenvalue weighted by molar-refractivity contribution is 5.92. The predicted octanol–water partition coefficient (Wildman–Crippen LogP) is 7.52. The molecule has 5 rings (SSSR count). The van der Waals surface area contributed by atoms with Crippen LogP contribution in [0.4, 0.5) is 21.7 Å². The van der Waals surface area contributed by atoms with Gasteiger partial charge in [0.1, 0.15) is 23.2 Å². The van der Waals surface area contributed by atoms with Crippen molar-refractivity contribution in [3.05, 3.63) is 95.1 Å². The molecule has 0 unspecified atom stereocenters. The molecule has 0 bridgehead atoms. The molecular weight excluding hydrogens is 543 g/mol. The first-order valence-electron chi connectivity index (χ1n) is 14.8. The molecule has 0 amide bonds. The molecule has 224 valence electrons. The van der Waals surface area contributed by atoms with Crippen molar-refractivity contribution < 1.29 is 19.0 Å². The number of ether oxygens (including phenoxy) is 1. The highest BCUT2D eigenvalue weighted by Gasteiger charge is 2.31. The predicted molar refractivity (Wildman–Crippen MR) is 169 cm³/mol. The summed E-state index contributed by atoms with van der Waals surface area (Å²) in [6, 6.07) is 18.2. The summed E-state index contributed by atoms with van der Waals surface area (Å²) in [5.74, 6) is 0.914. The number of pyridine rings is 2. The van der Waals surface area contributed by atoms with Crippen LogP contribution in [-0.4, -0.2) is 40.7 Å². The number of aryl methyl sites for hydroxylation is 2. The second kappa shape index (κ2) is 12.8. The van der Waals surface area contributed by atoms with Crippen molar-refractivity contribution in [3.8, 4) is 16.9 Å². The van der Waals surface area contributed by atoms with Gasteiger partial charge in [0.15, 0.2) is 0 Å². The molecular formula is C35H39FN4O3. The number of carboxylic acid groups (broad SMARTS) is 1. The molecule has 0 radical (unpaired) electrons. The molecule has 4 aromatic rings. The molecule has 1 aliphatic rings. The molecule has 0 saturated carbocycles. The average molecular weight is 583 g/mol. The maximum Gasteiger partial charge on any atom is 0.307 e. The quantitative estimate of drug-likeness (QED) is 0.200. The summed E-state index contributed by atoms with van der Waals surface area (Å²) in [6.07, 6.45) is 4.29. The van der Waals surface area contributed by atoms with Crippen LogP contribution in [0.5, 0.6) is 5.75 Å². The smallest absolute Gasteiger partial charge is 0.307 e. The third kappa shape index (κ3) is 7.31. The summed E-state index contributed by atoms with van der Waals surface area (Å²) in [5.41, 5.74) is 6.29. The van der Waals surface area contributed by atoms with Gasteiger partial charge in [0.05, 0.1) is 18.7 Å². The lowest BCUT2D eigenvalue weighted by Crippen LogP contribution is -2.38. The van der Waals surface area contributed by atoms with Gasteiger partial charge in [-0.05, 0) is 79.1 Å². The summed E-state index contributed by atoms with van der Waals surface area (Å²) >= 11 is 0. The Hall–Kier alpha value is -4.46. The van der Waals surface area contributed by atoms with Crippen LogP contribution in [0.15, 0.2) is 66.9 Å². The van der Waals surface area contributed by atoms with Crippen molar-refractivity contribution >= 4 is 23.3 Å². The minimum atomic E-state index is -0.888. The van der Waals surface area contributed by atoms with Crippen LogP contribution >= 0.6 is 0 Å². The Bertz CT molecular complexity index is 1580. The molecule has 43 heavy (non-hydrogen) atoms. The van der Waals surface area contributed by atoms with Crippen LogP contribution in [0, 0.1) is 25.1 Å². The van der Waals surface area contributed by atoms with Gasteiger partial charge in [-0.3, -0.25) is 4.79 Å². The van der Waals surface area contributed by atoms with Gasteiger partial charge in [0, 0.05) is 42.5 Å². The Labute approximate surface area is 252 Å². The topological polar surface area (TPSA) is 87.6 Å². The van der Waals surface area contributed by atoms with Crippen LogP contribution < -0.4 is 15.0 Å². The average Bonchev–Trinajstić information content (AvgIpc) is 2.97. The van der Waals surface area contributed by atoms with Gasteiger partial charge >= 0.3 is 5.97 Å². The number of carbonyl (C=O) groups is 1. The van der Waals surface area contributed by atoms with Crippen LogP contribution in [0.1, 0.15) is 49.1 Å². The normalized spacial score (nSPS) is 14.4. The van der Waals surface area contributed by atoms with Crippen molar-refractivity contribution in [2.24, 2.45) is 5.41 Å². The number of hydrogen-bond donors (Lipinski definition) is 2. The molecule has 2 aromatic carbocycles. The molecule has 1 fully saturated rings. The summed E-state index contributed by atoms with van der Waals surface area (Å²) in [6.45, 7) is 10.5. The lowest BCUT2D eigenvalue weighted by Gasteiger charge is -2.40. The third-order valence-corrected chi connectivity index (χ3v) is 8.20. The van der Waals surface area contributed by atoms with E-state index in [1.807, 2.05) is 50.2 Å². The number of aromatic nitrogens is 2. The summed E-state index contributed by atoms with van der Waals surface area (Å²) < 4.78 is 19.3. The number of nitrogens with zero attached hydrogens (tertiary/aromatic N) is 3. The molecule has 3 heterocycles. The van der Waals surface area contributed by atoms with Crippen LogP contribution in [-0.2, 0) is 17.6 Å². The zero-order valence-electron chi connectivity index (χ0n) is 25.3. The van der Waals surface area contributed by atoms with Crippen LogP contribution in [0.25, 0.3) is 11.1 Å². The monoisotopic (exact) mass is 582 g/mol. The van der Waals surface area contributed by atoms with E-state index in [1.165, 1.54) is 12.1 Å². The Balaban J connectivity index is 1.54. The second-order valence-corrected chi connectivity index (χ2v) is 12.0. The van der Waals surface area contributed by atoms with E-state index >= 15 is 0 Å². The molecule has 2 N–H and O–H groups in total. The van der Waals surface area contributed by atoms with E-state index in [2.05, 4.69) is 29.0 Å². The van der Waals surface area contributed by atoms with Crippen LogP contribution in [0.3, 0.4) is 0 Å². The first kappa shape index (κ1) is 30.0. The number of piperidine rings is 1. The molecule has 0 spiro atoms. The number of carboxylic acids is 1. The van der Waals surface area contributed by atoms with Crippen molar-refractivity contribution in [1.82, 2.24) is 9.97 Å². The highest BCUT2D eigenvalue weighted by Crippen LogP contribution is 2.44. The van der Waals surface area contributed by atoms with Crippen LogP contribution in [0.2, 0.25) is 0 Å². The third-order valence-electron chi connectivity index (χ3n) is 8.20. The number of rotatable bonds is 10. The summed E-state index contributed by atoms with van der Waals surface area (Å²) in [5, 5.41) is 13.4. The minimum Gasteiger partial charge on any atom is -0.493 e. The van der Waals surface area contributed by atoms with Gasteiger partial charge in [0.25, 0.3) is 0 Å². The van der Waals surface area contributed by atoms with Gasteiger partial charge in [-0.2, -0.15) is 0 Å². The van der Waals surface area contributed by atoms with Gasteiger partial charge < -0.3 is 20.1 Å². The standard InChI is InChI=1S/C35H39FN4O3/c1-23-6-5-18-37-33(23)39-34-31(26-9-13-28(14-10-26)43-21-15-25-7-11-27(36)12-8-25)32(29(22-30(41)42)24(2)38-34)40-19-16-35(3,4)17-20-40/h5-14,18H,15-17,19-22H2,1-4H3,(H,41,42)(H,37,38,39). The van der Waals surface area contributed by atoms with E-state index in [0.29, 0.717) is 36.1 Å². The fraction of sp³-hybridized carbons (Fsp3) is 0.343. The zero-order valence-corrected chi connectivity index (χ0v) is 25.3. The number of nitrogens with one attached hydrogen (secondary N) is 1. The molecule has 2 aromatic heterocycles. The van der Waals surface area contributed by atoms with Crippen molar-refractivity contribution in [3.63, 3.8) is 0 Å². The molecule has 7 nitrogen and oxygen atoms in total. The van der Waals surface area contributed by atoms with Crippen molar-refractivity contribution in [1.29, 1.82) is 0 Å².